The van der Waals surface area contributed by atoms with E-state index in [2.05, 4.69) is 24.8 Å². The Bertz CT molecular complexity index is 1520. The lowest BCUT2D eigenvalue weighted by molar-refractivity contribution is -0.191. The van der Waals surface area contributed by atoms with Crippen molar-refractivity contribution >= 4 is 64.0 Å². The van der Waals surface area contributed by atoms with Gasteiger partial charge in [0.1, 0.15) is 0 Å². The summed E-state index contributed by atoms with van der Waals surface area (Å²) in [5.41, 5.74) is 1.08. The molecule has 10 heteroatoms. The summed E-state index contributed by atoms with van der Waals surface area (Å²) in [6.07, 6.45) is 8.97. The second-order valence-electron chi connectivity index (χ2n) is 14.9. The molecular weight excluding hydrogens is 673 g/mol. The molecule has 7 nitrogen and oxygen atoms in total. The molecular formula is C38H46Cl3NO6. The largest absolute Gasteiger partial charge is 0.454 e. The van der Waals surface area contributed by atoms with Crippen molar-refractivity contribution in [3.63, 3.8) is 0 Å². The molecule has 3 fully saturated rings. The van der Waals surface area contributed by atoms with Gasteiger partial charge in [-0.3, -0.25) is 14.4 Å². The second-order valence-corrected chi connectivity index (χ2v) is 16.1. The van der Waals surface area contributed by atoms with Crippen LogP contribution >= 0.6 is 34.8 Å². The number of allylic oxidation sites excluding steroid dienone is 4. The van der Waals surface area contributed by atoms with E-state index in [4.69, 9.17) is 44.3 Å². The monoisotopic (exact) mass is 717 g/mol. The van der Waals surface area contributed by atoms with Crippen molar-refractivity contribution in [1.29, 1.82) is 0 Å². The van der Waals surface area contributed by atoms with E-state index in [1.165, 1.54) is 6.92 Å². The Morgan fingerprint density at radius 3 is 2.31 bits per heavy atom. The van der Waals surface area contributed by atoms with E-state index in [1.807, 2.05) is 24.3 Å². The van der Waals surface area contributed by atoms with Crippen LogP contribution < -0.4 is 4.90 Å². The van der Waals surface area contributed by atoms with Crippen molar-refractivity contribution in [2.24, 2.45) is 40.4 Å². The average molecular weight is 719 g/mol. The van der Waals surface area contributed by atoms with Crippen LogP contribution in [0.5, 0.6) is 0 Å². The molecule has 0 saturated heterocycles. The minimum Gasteiger partial charge on any atom is -0.454 e. The molecule has 0 heterocycles. The molecule has 0 radical (unpaired) electrons. The fourth-order valence-electron chi connectivity index (χ4n) is 10.1. The topological polar surface area (TPSA) is 90.0 Å². The number of benzene rings is 1. The number of aryl methyl sites for hydroxylation is 1. The summed E-state index contributed by atoms with van der Waals surface area (Å²) in [7, 11) is 0. The molecule has 0 unspecified atom stereocenters. The highest BCUT2D eigenvalue weighted by molar-refractivity contribution is 6.32. The minimum absolute atomic E-state index is 0.0928. The zero-order chi connectivity index (χ0) is 34.4. The predicted molar refractivity (Wildman–Crippen MR) is 187 cm³/mol. The highest BCUT2D eigenvalue weighted by Crippen LogP contribution is 2.72. The molecule has 5 aliphatic rings. The molecule has 0 N–H and O–H groups in total. The number of nitrogens with zero attached hydrogens (tertiary/aromatic N) is 1. The Balaban J connectivity index is 1.05. The van der Waals surface area contributed by atoms with Gasteiger partial charge in [0.25, 0.3) is 0 Å². The number of ketones is 2. The van der Waals surface area contributed by atoms with Gasteiger partial charge in [-0.2, -0.15) is 0 Å². The number of rotatable bonds is 13. The van der Waals surface area contributed by atoms with Crippen molar-refractivity contribution in [2.75, 3.05) is 36.4 Å². The van der Waals surface area contributed by atoms with E-state index < -0.39 is 29.6 Å². The van der Waals surface area contributed by atoms with E-state index in [0.717, 1.165) is 42.5 Å². The Kier molecular flexibility index (Phi) is 10.2. The molecule has 0 amide bonds. The van der Waals surface area contributed by atoms with E-state index in [9.17, 15) is 19.2 Å². The minimum atomic E-state index is -1.29. The molecule has 1 aromatic rings. The van der Waals surface area contributed by atoms with E-state index >= 15 is 0 Å². The van der Waals surface area contributed by atoms with Crippen LogP contribution in [0.15, 0.2) is 47.0 Å². The maximum atomic E-state index is 13.4. The lowest BCUT2D eigenvalue weighted by atomic mass is 9.47. The summed E-state index contributed by atoms with van der Waals surface area (Å²) < 4.78 is 11.4. The first-order valence-electron chi connectivity index (χ1n) is 17.4. The molecule has 1 aromatic carbocycles. The number of hydrogen-bond acceptors (Lipinski definition) is 7. The maximum Gasteiger partial charge on any atom is 0.345 e. The van der Waals surface area contributed by atoms with E-state index in [0.29, 0.717) is 61.0 Å². The first-order chi connectivity index (χ1) is 22.9. The fourth-order valence-corrected chi connectivity index (χ4v) is 10.9. The van der Waals surface area contributed by atoms with Crippen molar-refractivity contribution in [1.82, 2.24) is 0 Å². The lowest BCUT2D eigenvalue weighted by Crippen LogP contribution is -2.58. The highest BCUT2D eigenvalue weighted by atomic mass is 35.5. The molecule has 260 valence electrons. The zero-order valence-corrected chi connectivity index (χ0v) is 30.3. The number of Topliss-reactive ketones (excluding diaryl/α,β-unsaturated/α-hetero) is 1. The molecule has 0 spiro atoms. The lowest BCUT2D eigenvalue weighted by Gasteiger charge is -2.57. The first-order valence-corrected chi connectivity index (χ1v) is 18.8. The quantitative estimate of drug-likeness (QED) is 0.155. The SMILES string of the molecule is CC(=O)[C@@]1(OC(=O)COC(=O)CCCc2ccc(N(CCCl)CCCl)cc2)CC[C@H]2[C@@H]3C=C(Cl)C4=CC(=O)[C@@H]5C[C@@H]5[C@]4(C)[C@H]3CC[C@@]21C. The van der Waals surface area contributed by atoms with Crippen LogP contribution in [0.1, 0.15) is 71.3 Å². The fraction of sp³-hybridized carbons (Fsp3) is 0.632. The van der Waals surface area contributed by atoms with Gasteiger partial charge in [-0.1, -0.05) is 43.7 Å². The van der Waals surface area contributed by atoms with Gasteiger partial charge in [-0.05, 0) is 105 Å². The Morgan fingerprint density at radius 1 is 0.958 bits per heavy atom. The number of halogens is 3. The number of anilines is 1. The average Bonchev–Trinajstić information content (AvgIpc) is 3.82. The normalized spacial score (nSPS) is 34.5. The second kappa shape index (κ2) is 13.8. The summed E-state index contributed by atoms with van der Waals surface area (Å²) in [5, 5.41) is 0.652. The van der Waals surface area contributed by atoms with Gasteiger partial charge in [0.05, 0.1) is 0 Å². The summed E-state index contributed by atoms with van der Waals surface area (Å²) in [6, 6.07) is 8.12. The van der Waals surface area contributed by atoms with Gasteiger partial charge in [-0.25, -0.2) is 4.79 Å². The third kappa shape index (κ3) is 6.04. The molecule has 6 rings (SSSR count). The standard InChI is InChI=1S/C38H46Cl3NO6/c1-23(43)38(48-35(46)22-47-34(45)6-4-5-24-7-9-25(10-8-24)42(17-15-39)18-16-40)14-12-28-26-20-32(41)31-21-33(44)27-19-30(27)37(31,3)29(26)11-13-36(28,38)2/h7-10,20-21,26-30H,4-6,11-19,22H2,1-3H3/t26-,27+,28-,29-,30-,36-,37-,38-/m0/s1. The summed E-state index contributed by atoms with van der Waals surface area (Å²) in [6.45, 7) is 6.77. The number of fused-ring (bicyclic) bond motifs is 7. The van der Waals surface area contributed by atoms with E-state index in [1.54, 1.807) is 6.08 Å². The number of carbonyl (C=O) groups excluding carboxylic acids is 4. The summed E-state index contributed by atoms with van der Waals surface area (Å²) >= 11 is 18.8. The van der Waals surface area contributed by atoms with Gasteiger partial charge in [0, 0.05) is 58.7 Å². The molecule has 48 heavy (non-hydrogen) atoms. The van der Waals surface area contributed by atoms with Crippen LogP contribution in [0, 0.1) is 40.4 Å². The highest BCUT2D eigenvalue weighted by Gasteiger charge is 2.70. The van der Waals surface area contributed by atoms with Gasteiger partial charge in [0.15, 0.2) is 23.8 Å². The van der Waals surface area contributed by atoms with Crippen LogP contribution in [0.4, 0.5) is 5.69 Å². The molecule has 5 aliphatic carbocycles. The summed E-state index contributed by atoms with van der Waals surface area (Å²) in [5.74, 6) is 0.823. The third-order valence-electron chi connectivity index (χ3n) is 12.7. The number of esters is 2. The Hall–Kier alpha value is -2.35. The van der Waals surface area contributed by atoms with Gasteiger partial charge in [0.2, 0.25) is 0 Å². The van der Waals surface area contributed by atoms with Gasteiger partial charge >= 0.3 is 11.9 Å². The number of ether oxygens (including phenoxy) is 2. The number of hydrogen-bond donors (Lipinski definition) is 0. The summed E-state index contributed by atoms with van der Waals surface area (Å²) in [4.78, 5) is 54.0. The molecule has 3 saturated carbocycles. The van der Waals surface area contributed by atoms with Gasteiger partial charge in [-0.15, -0.1) is 23.2 Å². The smallest absolute Gasteiger partial charge is 0.345 e. The van der Waals surface area contributed by atoms with Crippen LogP contribution in [-0.4, -0.2) is 60.6 Å². The van der Waals surface area contributed by atoms with Crippen LogP contribution in [0.25, 0.3) is 0 Å². The Morgan fingerprint density at radius 2 is 1.65 bits per heavy atom. The number of alkyl halides is 2. The van der Waals surface area contributed by atoms with Crippen molar-refractivity contribution in [3.8, 4) is 0 Å². The first kappa shape index (κ1) is 35.5. The van der Waals surface area contributed by atoms with E-state index in [-0.39, 0.29) is 41.2 Å². The number of carbonyl (C=O) groups is 4. The maximum absolute atomic E-state index is 13.4. The van der Waals surface area contributed by atoms with Crippen molar-refractivity contribution in [2.45, 2.75) is 77.7 Å². The zero-order valence-electron chi connectivity index (χ0n) is 28.1. The molecule has 0 bridgehead atoms. The molecule has 0 aliphatic heterocycles. The molecule has 8 atom stereocenters. The van der Waals surface area contributed by atoms with Crippen LogP contribution in [0.2, 0.25) is 0 Å². The Labute approximate surface area is 298 Å². The van der Waals surface area contributed by atoms with Crippen molar-refractivity contribution < 1.29 is 28.7 Å². The molecule has 0 aromatic heterocycles. The van der Waals surface area contributed by atoms with Gasteiger partial charge < -0.3 is 14.4 Å². The van der Waals surface area contributed by atoms with Crippen molar-refractivity contribution in [3.05, 3.63) is 52.6 Å². The third-order valence-corrected chi connectivity index (χ3v) is 13.3. The van der Waals surface area contributed by atoms with Crippen LogP contribution in [0.3, 0.4) is 0 Å². The predicted octanol–water partition coefficient (Wildman–Crippen LogP) is 7.44. The van der Waals surface area contributed by atoms with Crippen LogP contribution in [-0.2, 0) is 35.1 Å².